The summed E-state index contributed by atoms with van der Waals surface area (Å²) in [7, 11) is 0. The highest BCUT2D eigenvalue weighted by Gasteiger charge is 2.17. The predicted molar refractivity (Wildman–Crippen MR) is 70.8 cm³/mol. The standard InChI is InChI=1S/C12H14BrN3O2/c1-7-2-3-8(9(13)6-7)11-15-12(18-16-11)10(17)4-5-14/h2-3,6,10,17H,4-5,14H2,1H3. The molecule has 2 rings (SSSR count). The molecule has 5 nitrogen and oxygen atoms in total. The van der Waals surface area contributed by atoms with E-state index in [4.69, 9.17) is 10.3 Å². The van der Waals surface area contributed by atoms with Gasteiger partial charge in [-0.15, -0.1) is 0 Å². The first-order chi connectivity index (χ1) is 8.61. The van der Waals surface area contributed by atoms with Gasteiger partial charge < -0.3 is 15.4 Å². The van der Waals surface area contributed by atoms with Gasteiger partial charge in [0.15, 0.2) is 0 Å². The van der Waals surface area contributed by atoms with E-state index >= 15 is 0 Å². The molecular weight excluding hydrogens is 298 g/mol. The Balaban J connectivity index is 2.29. The van der Waals surface area contributed by atoms with Gasteiger partial charge in [0.05, 0.1) is 0 Å². The summed E-state index contributed by atoms with van der Waals surface area (Å²) in [4.78, 5) is 4.18. The minimum Gasteiger partial charge on any atom is -0.383 e. The summed E-state index contributed by atoms with van der Waals surface area (Å²) in [6.45, 7) is 2.37. The van der Waals surface area contributed by atoms with Crippen molar-refractivity contribution in [1.82, 2.24) is 10.1 Å². The van der Waals surface area contributed by atoms with Gasteiger partial charge in [-0.1, -0.05) is 27.2 Å². The van der Waals surface area contributed by atoms with Crippen molar-refractivity contribution >= 4 is 15.9 Å². The Bertz CT molecular complexity index is 542. The van der Waals surface area contributed by atoms with Gasteiger partial charge in [-0.3, -0.25) is 0 Å². The Morgan fingerprint density at radius 3 is 2.94 bits per heavy atom. The quantitative estimate of drug-likeness (QED) is 0.904. The van der Waals surface area contributed by atoms with E-state index in [1.807, 2.05) is 25.1 Å². The second-order valence-corrected chi connectivity index (χ2v) is 4.89. The van der Waals surface area contributed by atoms with Crippen LogP contribution in [0.5, 0.6) is 0 Å². The molecular formula is C12H14BrN3O2. The average molecular weight is 312 g/mol. The molecule has 0 amide bonds. The molecule has 3 N–H and O–H groups in total. The normalized spacial score (nSPS) is 12.7. The lowest BCUT2D eigenvalue weighted by molar-refractivity contribution is 0.127. The van der Waals surface area contributed by atoms with E-state index in [1.165, 1.54) is 0 Å². The first-order valence-corrected chi connectivity index (χ1v) is 6.39. The maximum atomic E-state index is 9.71. The fourth-order valence-electron chi connectivity index (χ4n) is 1.56. The zero-order valence-electron chi connectivity index (χ0n) is 9.93. The smallest absolute Gasteiger partial charge is 0.255 e. The molecule has 1 aromatic heterocycles. The summed E-state index contributed by atoms with van der Waals surface area (Å²) in [5.74, 6) is 0.649. The Hall–Kier alpha value is -1.24. The lowest BCUT2D eigenvalue weighted by Crippen LogP contribution is -2.06. The van der Waals surface area contributed by atoms with Crippen molar-refractivity contribution in [2.45, 2.75) is 19.4 Å². The molecule has 96 valence electrons. The number of halogens is 1. The fourth-order valence-corrected chi connectivity index (χ4v) is 2.23. The molecule has 0 spiro atoms. The summed E-state index contributed by atoms with van der Waals surface area (Å²) in [6, 6.07) is 5.84. The van der Waals surface area contributed by atoms with Crippen molar-refractivity contribution in [2.24, 2.45) is 5.73 Å². The van der Waals surface area contributed by atoms with Crippen LogP contribution in [0, 0.1) is 6.92 Å². The average Bonchev–Trinajstić information content (AvgIpc) is 2.78. The van der Waals surface area contributed by atoms with Crippen LogP contribution in [-0.4, -0.2) is 21.8 Å². The van der Waals surface area contributed by atoms with Crippen LogP contribution >= 0.6 is 15.9 Å². The molecule has 0 saturated carbocycles. The Kier molecular flexibility index (Phi) is 4.11. The molecule has 1 unspecified atom stereocenters. The van der Waals surface area contributed by atoms with E-state index in [0.717, 1.165) is 15.6 Å². The number of nitrogens with two attached hydrogens (primary N) is 1. The molecule has 0 aliphatic carbocycles. The van der Waals surface area contributed by atoms with Gasteiger partial charge in [0.1, 0.15) is 6.10 Å². The summed E-state index contributed by atoms with van der Waals surface area (Å²) in [5.41, 5.74) is 7.33. The van der Waals surface area contributed by atoms with Crippen molar-refractivity contribution in [3.8, 4) is 11.4 Å². The minimum absolute atomic E-state index is 0.197. The molecule has 0 aliphatic heterocycles. The summed E-state index contributed by atoms with van der Waals surface area (Å²) >= 11 is 3.46. The number of aliphatic hydroxyl groups excluding tert-OH is 1. The van der Waals surface area contributed by atoms with Crippen molar-refractivity contribution in [2.75, 3.05) is 6.54 Å². The van der Waals surface area contributed by atoms with Gasteiger partial charge in [0.25, 0.3) is 5.89 Å². The molecule has 6 heteroatoms. The Morgan fingerprint density at radius 1 is 1.50 bits per heavy atom. The van der Waals surface area contributed by atoms with E-state index < -0.39 is 6.10 Å². The summed E-state index contributed by atoms with van der Waals surface area (Å²) in [5, 5.41) is 13.6. The molecule has 0 aliphatic rings. The van der Waals surface area contributed by atoms with Crippen LogP contribution in [-0.2, 0) is 0 Å². The second kappa shape index (κ2) is 5.60. The van der Waals surface area contributed by atoms with Gasteiger partial charge >= 0.3 is 0 Å². The van der Waals surface area contributed by atoms with Crippen molar-refractivity contribution in [3.05, 3.63) is 34.1 Å². The molecule has 0 saturated heterocycles. The molecule has 0 fully saturated rings. The van der Waals surface area contributed by atoms with Gasteiger partial charge in [0, 0.05) is 10.0 Å². The number of aryl methyl sites for hydroxylation is 1. The third-order valence-electron chi connectivity index (χ3n) is 2.53. The van der Waals surface area contributed by atoms with Crippen LogP contribution in [0.1, 0.15) is 24.0 Å². The van der Waals surface area contributed by atoms with Crippen LogP contribution < -0.4 is 5.73 Å². The van der Waals surface area contributed by atoms with Gasteiger partial charge in [-0.05, 0) is 37.6 Å². The van der Waals surface area contributed by atoms with Gasteiger partial charge in [-0.2, -0.15) is 4.98 Å². The zero-order chi connectivity index (χ0) is 13.1. The molecule has 0 bridgehead atoms. The number of hydrogen-bond acceptors (Lipinski definition) is 5. The number of benzene rings is 1. The highest BCUT2D eigenvalue weighted by atomic mass is 79.9. The molecule has 2 aromatic rings. The number of aliphatic hydroxyl groups is 1. The highest BCUT2D eigenvalue weighted by molar-refractivity contribution is 9.10. The predicted octanol–water partition coefficient (Wildman–Crippen LogP) is 2.19. The van der Waals surface area contributed by atoms with E-state index in [1.54, 1.807) is 0 Å². The van der Waals surface area contributed by atoms with Crippen LogP contribution in [0.25, 0.3) is 11.4 Å². The van der Waals surface area contributed by atoms with Crippen LogP contribution in [0.2, 0.25) is 0 Å². The molecule has 0 radical (unpaired) electrons. The fraction of sp³-hybridized carbons (Fsp3) is 0.333. The number of hydrogen-bond donors (Lipinski definition) is 2. The second-order valence-electron chi connectivity index (χ2n) is 4.03. The molecule has 1 atom stereocenters. The highest BCUT2D eigenvalue weighted by Crippen LogP contribution is 2.28. The monoisotopic (exact) mass is 311 g/mol. The molecule has 1 aromatic carbocycles. The number of nitrogens with zero attached hydrogens (tertiary/aromatic N) is 2. The largest absolute Gasteiger partial charge is 0.383 e. The topological polar surface area (TPSA) is 85.2 Å². The first kappa shape index (κ1) is 13.2. The number of rotatable bonds is 4. The molecule has 18 heavy (non-hydrogen) atoms. The van der Waals surface area contributed by atoms with Crippen molar-refractivity contribution < 1.29 is 9.63 Å². The van der Waals surface area contributed by atoms with Crippen molar-refractivity contribution in [3.63, 3.8) is 0 Å². The van der Waals surface area contributed by atoms with Crippen LogP contribution in [0.4, 0.5) is 0 Å². The third-order valence-corrected chi connectivity index (χ3v) is 3.19. The lowest BCUT2D eigenvalue weighted by atomic mass is 10.1. The van der Waals surface area contributed by atoms with E-state index in [2.05, 4.69) is 26.1 Å². The van der Waals surface area contributed by atoms with Crippen LogP contribution in [0.3, 0.4) is 0 Å². The van der Waals surface area contributed by atoms with Crippen LogP contribution in [0.15, 0.2) is 27.2 Å². The molecule has 1 heterocycles. The first-order valence-electron chi connectivity index (χ1n) is 5.60. The third kappa shape index (κ3) is 2.77. The minimum atomic E-state index is -0.805. The summed E-state index contributed by atoms with van der Waals surface area (Å²) in [6.07, 6.45) is -0.406. The van der Waals surface area contributed by atoms with E-state index in [-0.39, 0.29) is 5.89 Å². The van der Waals surface area contributed by atoms with E-state index in [9.17, 15) is 5.11 Å². The Morgan fingerprint density at radius 2 is 2.28 bits per heavy atom. The number of aromatic nitrogens is 2. The zero-order valence-corrected chi connectivity index (χ0v) is 11.5. The SMILES string of the molecule is Cc1ccc(-c2noc(C(O)CCN)n2)c(Br)c1. The van der Waals surface area contributed by atoms with E-state index in [0.29, 0.717) is 18.8 Å². The van der Waals surface area contributed by atoms with Gasteiger partial charge in [0.2, 0.25) is 5.82 Å². The summed E-state index contributed by atoms with van der Waals surface area (Å²) < 4.78 is 5.92. The maximum absolute atomic E-state index is 9.71. The Labute approximate surface area is 113 Å². The van der Waals surface area contributed by atoms with Crippen molar-refractivity contribution in [1.29, 1.82) is 0 Å². The van der Waals surface area contributed by atoms with Gasteiger partial charge in [-0.25, -0.2) is 0 Å². The maximum Gasteiger partial charge on any atom is 0.255 e. The lowest BCUT2D eigenvalue weighted by Gasteiger charge is -2.02.